The lowest BCUT2D eigenvalue weighted by Gasteiger charge is -2.34. The first kappa shape index (κ1) is 19.1. The van der Waals surface area contributed by atoms with Gasteiger partial charge in [-0.05, 0) is 32.5 Å². The number of aryl methyl sites for hydroxylation is 1. The molecule has 0 unspecified atom stereocenters. The number of nitrogens with one attached hydrogen (secondary N) is 1. The molecule has 1 aliphatic rings. The van der Waals surface area contributed by atoms with Gasteiger partial charge in [0.15, 0.2) is 0 Å². The highest BCUT2D eigenvalue weighted by Crippen LogP contribution is 2.24. The number of likely N-dealkylation sites (N-methyl/N-ethyl adjacent to an activating group) is 1. The number of ether oxygens (including phenoxy) is 1. The van der Waals surface area contributed by atoms with Gasteiger partial charge in [0, 0.05) is 32.2 Å². The van der Waals surface area contributed by atoms with Gasteiger partial charge in [0.1, 0.15) is 17.5 Å². The lowest BCUT2D eigenvalue weighted by Crippen LogP contribution is -2.46. The summed E-state index contributed by atoms with van der Waals surface area (Å²) in [6.45, 7) is 11.3. The topological polar surface area (TPSA) is 70.6 Å². The summed E-state index contributed by atoms with van der Waals surface area (Å²) < 4.78 is 5.15. The molecule has 0 atom stereocenters. The standard InChI is InChI=1S/C20H27N5O2/c1-4-24-10-12-25(13-11-24)19-14-18(21-15(3)22-19)23-17-9-7-6-8-16(17)20(26)27-5-2/h6-9,14H,4-5,10-13H2,1-3H3,(H,21,22,23). The van der Waals surface area contributed by atoms with Crippen molar-refractivity contribution in [3.8, 4) is 0 Å². The Labute approximate surface area is 160 Å². The van der Waals surface area contributed by atoms with Crippen LogP contribution in [0, 0.1) is 6.92 Å². The second-order valence-corrected chi connectivity index (χ2v) is 6.47. The van der Waals surface area contributed by atoms with Crippen LogP contribution in [0.5, 0.6) is 0 Å². The van der Waals surface area contributed by atoms with Crippen molar-refractivity contribution in [1.82, 2.24) is 14.9 Å². The maximum absolute atomic E-state index is 12.2. The number of hydrogen-bond acceptors (Lipinski definition) is 7. The first-order valence-electron chi connectivity index (χ1n) is 9.47. The zero-order chi connectivity index (χ0) is 19.2. The number of rotatable bonds is 6. The van der Waals surface area contributed by atoms with Crippen LogP contribution in [0.3, 0.4) is 0 Å². The third-order valence-electron chi connectivity index (χ3n) is 4.65. The zero-order valence-electron chi connectivity index (χ0n) is 16.2. The number of carbonyl (C=O) groups excluding carboxylic acids is 1. The van der Waals surface area contributed by atoms with Crippen molar-refractivity contribution in [3.05, 3.63) is 41.7 Å². The molecule has 0 aliphatic carbocycles. The Balaban J connectivity index is 1.81. The van der Waals surface area contributed by atoms with Crippen molar-refractivity contribution in [2.45, 2.75) is 20.8 Å². The van der Waals surface area contributed by atoms with Crippen molar-refractivity contribution >= 4 is 23.3 Å². The highest BCUT2D eigenvalue weighted by atomic mass is 16.5. The number of aromatic nitrogens is 2. The molecule has 0 bridgehead atoms. The molecule has 1 aromatic heterocycles. The maximum atomic E-state index is 12.2. The number of esters is 1. The molecule has 7 nitrogen and oxygen atoms in total. The predicted molar refractivity (Wildman–Crippen MR) is 107 cm³/mol. The van der Waals surface area contributed by atoms with E-state index in [0.29, 0.717) is 29.5 Å². The molecule has 2 heterocycles. The summed E-state index contributed by atoms with van der Waals surface area (Å²) in [5, 5.41) is 3.26. The Bertz CT molecular complexity index is 788. The molecule has 7 heteroatoms. The molecule has 1 N–H and O–H groups in total. The fraction of sp³-hybridized carbons (Fsp3) is 0.450. The van der Waals surface area contributed by atoms with Crippen molar-refractivity contribution in [2.75, 3.05) is 49.5 Å². The molecule has 0 amide bonds. The number of para-hydroxylation sites is 1. The number of benzene rings is 1. The van der Waals surface area contributed by atoms with Crippen molar-refractivity contribution in [2.24, 2.45) is 0 Å². The molecule has 0 saturated carbocycles. The Morgan fingerprint density at radius 3 is 2.59 bits per heavy atom. The normalized spacial score (nSPS) is 14.9. The number of carbonyl (C=O) groups is 1. The van der Waals surface area contributed by atoms with Gasteiger partial charge >= 0.3 is 5.97 Å². The molecule has 1 aliphatic heterocycles. The van der Waals surface area contributed by atoms with Gasteiger partial charge < -0.3 is 19.9 Å². The smallest absolute Gasteiger partial charge is 0.340 e. The summed E-state index contributed by atoms with van der Waals surface area (Å²) in [7, 11) is 0. The second-order valence-electron chi connectivity index (χ2n) is 6.47. The summed E-state index contributed by atoms with van der Waals surface area (Å²) >= 11 is 0. The minimum atomic E-state index is -0.345. The molecule has 0 radical (unpaired) electrons. The predicted octanol–water partition coefficient (Wildman–Crippen LogP) is 2.85. The minimum Gasteiger partial charge on any atom is -0.462 e. The van der Waals surface area contributed by atoms with Gasteiger partial charge in [-0.3, -0.25) is 0 Å². The number of nitrogens with zero attached hydrogens (tertiary/aromatic N) is 4. The Morgan fingerprint density at radius 1 is 1.15 bits per heavy atom. The van der Waals surface area contributed by atoms with Crippen molar-refractivity contribution in [1.29, 1.82) is 0 Å². The van der Waals surface area contributed by atoms with Gasteiger partial charge in [-0.1, -0.05) is 19.1 Å². The van der Waals surface area contributed by atoms with E-state index < -0.39 is 0 Å². The largest absolute Gasteiger partial charge is 0.462 e. The van der Waals surface area contributed by atoms with Crippen LogP contribution in [0.1, 0.15) is 30.0 Å². The van der Waals surface area contributed by atoms with E-state index in [0.717, 1.165) is 38.5 Å². The van der Waals surface area contributed by atoms with E-state index in [4.69, 9.17) is 4.74 Å². The second kappa shape index (κ2) is 8.81. The van der Waals surface area contributed by atoms with Gasteiger partial charge in [0.05, 0.1) is 17.9 Å². The lowest BCUT2D eigenvalue weighted by atomic mass is 10.2. The van der Waals surface area contributed by atoms with Crippen LogP contribution in [-0.2, 0) is 4.74 Å². The third-order valence-corrected chi connectivity index (χ3v) is 4.65. The molecule has 144 valence electrons. The number of hydrogen-bond donors (Lipinski definition) is 1. The quantitative estimate of drug-likeness (QED) is 0.785. The molecule has 1 saturated heterocycles. The van der Waals surface area contributed by atoms with Crippen LogP contribution >= 0.6 is 0 Å². The average Bonchev–Trinajstić information content (AvgIpc) is 2.68. The van der Waals surface area contributed by atoms with E-state index in [1.54, 1.807) is 13.0 Å². The van der Waals surface area contributed by atoms with Crippen LogP contribution in [-0.4, -0.2) is 60.2 Å². The highest BCUT2D eigenvalue weighted by molar-refractivity contribution is 5.96. The molecule has 3 rings (SSSR count). The van der Waals surface area contributed by atoms with E-state index in [1.807, 2.05) is 31.2 Å². The fourth-order valence-corrected chi connectivity index (χ4v) is 3.19. The average molecular weight is 369 g/mol. The summed E-state index contributed by atoms with van der Waals surface area (Å²) in [5.41, 5.74) is 1.17. The summed E-state index contributed by atoms with van der Waals surface area (Å²) in [4.78, 5) is 26.0. The number of piperazine rings is 1. The van der Waals surface area contributed by atoms with Gasteiger partial charge in [0.2, 0.25) is 0 Å². The van der Waals surface area contributed by atoms with E-state index >= 15 is 0 Å². The Kier molecular flexibility index (Phi) is 6.24. The maximum Gasteiger partial charge on any atom is 0.340 e. The Hall–Kier alpha value is -2.67. The van der Waals surface area contributed by atoms with E-state index in [-0.39, 0.29) is 5.97 Å². The molecule has 0 spiro atoms. The van der Waals surface area contributed by atoms with Gasteiger partial charge in [-0.25, -0.2) is 14.8 Å². The van der Waals surface area contributed by atoms with Crippen molar-refractivity contribution < 1.29 is 9.53 Å². The summed E-state index contributed by atoms with van der Waals surface area (Å²) in [5.74, 6) is 1.94. The van der Waals surface area contributed by atoms with Crippen molar-refractivity contribution in [3.63, 3.8) is 0 Å². The molecule has 27 heavy (non-hydrogen) atoms. The lowest BCUT2D eigenvalue weighted by molar-refractivity contribution is 0.0527. The van der Waals surface area contributed by atoms with Gasteiger partial charge in [0.25, 0.3) is 0 Å². The van der Waals surface area contributed by atoms with E-state index in [9.17, 15) is 4.79 Å². The Morgan fingerprint density at radius 2 is 1.89 bits per heavy atom. The van der Waals surface area contributed by atoms with Crippen LogP contribution < -0.4 is 10.2 Å². The van der Waals surface area contributed by atoms with E-state index in [1.165, 1.54) is 0 Å². The zero-order valence-corrected chi connectivity index (χ0v) is 16.2. The van der Waals surface area contributed by atoms with Crippen LogP contribution in [0.2, 0.25) is 0 Å². The number of anilines is 3. The monoisotopic (exact) mass is 369 g/mol. The summed E-state index contributed by atoms with van der Waals surface area (Å²) in [6, 6.07) is 9.24. The molecule has 1 aromatic carbocycles. The van der Waals surface area contributed by atoms with E-state index in [2.05, 4.69) is 32.0 Å². The van der Waals surface area contributed by atoms with Gasteiger partial charge in [-0.2, -0.15) is 0 Å². The van der Waals surface area contributed by atoms with Crippen LogP contribution in [0.4, 0.5) is 17.3 Å². The molecular formula is C20H27N5O2. The van der Waals surface area contributed by atoms with Gasteiger partial charge in [-0.15, -0.1) is 0 Å². The molecular weight excluding hydrogens is 342 g/mol. The first-order valence-corrected chi connectivity index (χ1v) is 9.47. The van der Waals surface area contributed by atoms with Crippen LogP contribution in [0.25, 0.3) is 0 Å². The third kappa shape index (κ3) is 4.74. The van der Waals surface area contributed by atoms with Crippen LogP contribution in [0.15, 0.2) is 30.3 Å². The highest BCUT2D eigenvalue weighted by Gasteiger charge is 2.18. The fourth-order valence-electron chi connectivity index (χ4n) is 3.19. The minimum absolute atomic E-state index is 0.341. The summed E-state index contributed by atoms with van der Waals surface area (Å²) in [6.07, 6.45) is 0. The first-order chi connectivity index (χ1) is 13.1. The molecule has 2 aromatic rings. The molecule has 1 fully saturated rings. The SMILES string of the molecule is CCOC(=O)c1ccccc1Nc1cc(N2CCN(CC)CC2)nc(C)n1.